The van der Waals surface area contributed by atoms with E-state index in [2.05, 4.69) is 0 Å². The highest BCUT2D eigenvalue weighted by molar-refractivity contribution is 5.76. The second-order valence-corrected chi connectivity index (χ2v) is 4.85. The molecule has 0 saturated carbocycles. The molecule has 100 valence electrons. The van der Waals surface area contributed by atoms with Crippen LogP contribution in [-0.2, 0) is 4.79 Å². The standard InChI is InChI=1S/C11H18F3NO2/c1-10(17)4-2-7-15(8-6-10)9(16)3-5-11(12,13)14/h17H,2-8H2,1H3. The molecule has 1 rings (SSSR count). The third-order valence-electron chi connectivity index (χ3n) is 3.04. The van der Waals surface area contributed by atoms with Crippen LogP contribution in [0.3, 0.4) is 0 Å². The summed E-state index contributed by atoms with van der Waals surface area (Å²) in [6.07, 6.45) is -4.22. The van der Waals surface area contributed by atoms with Crippen LogP contribution in [0.25, 0.3) is 0 Å². The van der Waals surface area contributed by atoms with E-state index in [1.54, 1.807) is 6.92 Å². The fraction of sp³-hybridized carbons (Fsp3) is 0.909. The molecule has 17 heavy (non-hydrogen) atoms. The Kier molecular flexibility index (Phi) is 4.41. The number of hydrogen-bond donors (Lipinski definition) is 1. The van der Waals surface area contributed by atoms with E-state index >= 15 is 0 Å². The van der Waals surface area contributed by atoms with Crippen LogP contribution in [0.1, 0.15) is 39.0 Å². The van der Waals surface area contributed by atoms with Gasteiger partial charge in [0.2, 0.25) is 5.91 Å². The lowest BCUT2D eigenvalue weighted by Gasteiger charge is -2.22. The minimum absolute atomic E-state index is 0.337. The Hall–Kier alpha value is -0.780. The highest BCUT2D eigenvalue weighted by Crippen LogP contribution is 2.24. The molecule has 3 nitrogen and oxygen atoms in total. The number of likely N-dealkylation sites (tertiary alicyclic amines) is 1. The number of hydrogen-bond acceptors (Lipinski definition) is 2. The van der Waals surface area contributed by atoms with E-state index in [-0.39, 0.29) is 0 Å². The highest BCUT2D eigenvalue weighted by atomic mass is 19.4. The van der Waals surface area contributed by atoms with E-state index in [0.29, 0.717) is 32.4 Å². The van der Waals surface area contributed by atoms with E-state index in [4.69, 9.17) is 0 Å². The summed E-state index contributed by atoms with van der Waals surface area (Å²) in [5.74, 6) is -0.472. The van der Waals surface area contributed by atoms with Gasteiger partial charge in [-0.05, 0) is 26.2 Å². The Bertz CT molecular complexity index is 276. The van der Waals surface area contributed by atoms with Gasteiger partial charge in [0.15, 0.2) is 0 Å². The zero-order chi connectivity index (χ0) is 13.1. The van der Waals surface area contributed by atoms with Crippen LogP contribution in [0.4, 0.5) is 13.2 Å². The molecule has 1 heterocycles. The topological polar surface area (TPSA) is 40.5 Å². The van der Waals surface area contributed by atoms with Crippen LogP contribution in [0, 0.1) is 0 Å². The van der Waals surface area contributed by atoms with Crippen molar-refractivity contribution in [1.82, 2.24) is 4.90 Å². The van der Waals surface area contributed by atoms with Gasteiger partial charge in [-0.3, -0.25) is 4.79 Å². The van der Waals surface area contributed by atoms with Gasteiger partial charge in [0.1, 0.15) is 0 Å². The first-order valence-corrected chi connectivity index (χ1v) is 5.76. The van der Waals surface area contributed by atoms with Crippen molar-refractivity contribution in [1.29, 1.82) is 0 Å². The number of aliphatic hydroxyl groups is 1. The van der Waals surface area contributed by atoms with Crippen molar-refractivity contribution in [3.63, 3.8) is 0 Å². The van der Waals surface area contributed by atoms with Gasteiger partial charge in [-0.2, -0.15) is 13.2 Å². The maximum Gasteiger partial charge on any atom is 0.389 e. The number of rotatable bonds is 2. The number of carbonyl (C=O) groups excluding carboxylic acids is 1. The van der Waals surface area contributed by atoms with Crippen LogP contribution in [0.15, 0.2) is 0 Å². The Morgan fingerprint density at radius 3 is 2.59 bits per heavy atom. The molecule has 0 aliphatic carbocycles. The van der Waals surface area contributed by atoms with E-state index in [1.807, 2.05) is 0 Å². The molecule has 1 atom stereocenters. The van der Waals surface area contributed by atoms with Crippen molar-refractivity contribution in [3.8, 4) is 0 Å². The normalized spacial score (nSPS) is 26.8. The average Bonchev–Trinajstić information content (AvgIpc) is 2.35. The summed E-state index contributed by atoms with van der Waals surface area (Å²) in [7, 11) is 0. The molecule has 0 aromatic carbocycles. The first-order chi connectivity index (χ1) is 7.70. The number of halogens is 3. The molecule has 1 unspecified atom stereocenters. The molecule has 0 aromatic rings. The van der Waals surface area contributed by atoms with Gasteiger partial charge in [-0.1, -0.05) is 0 Å². The minimum Gasteiger partial charge on any atom is -0.390 e. The molecule has 1 aliphatic rings. The maximum absolute atomic E-state index is 12.0. The molecule has 1 N–H and O–H groups in total. The molecular weight excluding hydrogens is 235 g/mol. The molecule has 0 aromatic heterocycles. The summed E-state index contributed by atoms with van der Waals surface area (Å²) >= 11 is 0. The molecule has 0 radical (unpaired) electrons. The first-order valence-electron chi connectivity index (χ1n) is 5.76. The fourth-order valence-corrected chi connectivity index (χ4v) is 1.92. The Balaban J connectivity index is 2.42. The van der Waals surface area contributed by atoms with E-state index in [0.717, 1.165) is 0 Å². The lowest BCUT2D eigenvalue weighted by molar-refractivity contribution is -0.149. The minimum atomic E-state index is -4.28. The second-order valence-electron chi connectivity index (χ2n) is 4.85. The van der Waals surface area contributed by atoms with Gasteiger partial charge in [0.05, 0.1) is 12.0 Å². The summed E-state index contributed by atoms with van der Waals surface area (Å²) < 4.78 is 35.9. The average molecular weight is 253 g/mol. The van der Waals surface area contributed by atoms with Crippen molar-refractivity contribution in [2.45, 2.75) is 50.8 Å². The lowest BCUT2D eigenvalue weighted by Crippen LogP contribution is -2.34. The Morgan fingerprint density at radius 2 is 2.00 bits per heavy atom. The van der Waals surface area contributed by atoms with Crippen molar-refractivity contribution in [2.24, 2.45) is 0 Å². The summed E-state index contributed by atoms with van der Waals surface area (Å²) in [6, 6.07) is 0. The summed E-state index contributed by atoms with van der Waals surface area (Å²) in [5, 5.41) is 9.80. The second kappa shape index (κ2) is 5.25. The Labute approximate surface area is 98.6 Å². The van der Waals surface area contributed by atoms with Gasteiger partial charge >= 0.3 is 6.18 Å². The monoisotopic (exact) mass is 253 g/mol. The zero-order valence-electron chi connectivity index (χ0n) is 9.89. The predicted molar refractivity (Wildman–Crippen MR) is 56.3 cm³/mol. The van der Waals surface area contributed by atoms with Gasteiger partial charge in [-0.25, -0.2) is 0 Å². The van der Waals surface area contributed by atoms with Crippen LogP contribution in [0.5, 0.6) is 0 Å². The molecule has 1 fully saturated rings. The maximum atomic E-state index is 12.0. The van der Waals surface area contributed by atoms with Crippen LogP contribution >= 0.6 is 0 Å². The lowest BCUT2D eigenvalue weighted by atomic mass is 9.98. The highest BCUT2D eigenvalue weighted by Gasteiger charge is 2.31. The van der Waals surface area contributed by atoms with Crippen molar-refractivity contribution >= 4 is 5.91 Å². The largest absolute Gasteiger partial charge is 0.390 e. The summed E-state index contributed by atoms with van der Waals surface area (Å²) in [4.78, 5) is 13.0. The summed E-state index contributed by atoms with van der Waals surface area (Å²) in [5.41, 5.74) is -0.806. The van der Waals surface area contributed by atoms with Crippen LogP contribution < -0.4 is 0 Å². The van der Waals surface area contributed by atoms with Crippen molar-refractivity contribution in [2.75, 3.05) is 13.1 Å². The van der Waals surface area contributed by atoms with Gasteiger partial charge in [-0.15, -0.1) is 0 Å². The summed E-state index contributed by atoms with van der Waals surface area (Å²) in [6.45, 7) is 2.47. The molecule has 1 saturated heterocycles. The van der Waals surface area contributed by atoms with E-state index < -0.39 is 30.5 Å². The molecule has 0 bridgehead atoms. The third kappa shape index (κ3) is 5.39. The van der Waals surface area contributed by atoms with Gasteiger partial charge < -0.3 is 10.0 Å². The first kappa shape index (κ1) is 14.3. The Morgan fingerprint density at radius 1 is 1.35 bits per heavy atom. The van der Waals surface area contributed by atoms with Crippen molar-refractivity contribution in [3.05, 3.63) is 0 Å². The van der Waals surface area contributed by atoms with Gasteiger partial charge in [0.25, 0.3) is 0 Å². The number of nitrogens with zero attached hydrogens (tertiary/aromatic N) is 1. The van der Waals surface area contributed by atoms with E-state index in [1.165, 1.54) is 4.90 Å². The quantitative estimate of drug-likeness (QED) is 0.818. The molecular formula is C11H18F3NO2. The van der Waals surface area contributed by atoms with Crippen LogP contribution in [0.2, 0.25) is 0 Å². The predicted octanol–water partition coefficient (Wildman–Crippen LogP) is 2.09. The number of carbonyl (C=O) groups is 1. The van der Waals surface area contributed by atoms with E-state index in [9.17, 15) is 23.1 Å². The zero-order valence-corrected chi connectivity index (χ0v) is 9.89. The van der Waals surface area contributed by atoms with Gasteiger partial charge in [0, 0.05) is 19.5 Å². The molecule has 1 amide bonds. The number of alkyl halides is 3. The smallest absolute Gasteiger partial charge is 0.389 e. The molecule has 0 spiro atoms. The molecule has 6 heteroatoms. The number of amides is 1. The fourth-order valence-electron chi connectivity index (χ4n) is 1.92. The molecule has 1 aliphatic heterocycles. The third-order valence-corrected chi connectivity index (χ3v) is 3.04. The van der Waals surface area contributed by atoms with Crippen LogP contribution in [-0.4, -0.2) is 40.8 Å². The SMILES string of the molecule is CC1(O)CCCN(C(=O)CCC(F)(F)F)CC1. The van der Waals surface area contributed by atoms with Crippen molar-refractivity contribution < 1.29 is 23.1 Å².